The lowest BCUT2D eigenvalue weighted by Gasteiger charge is -2.26. The highest BCUT2D eigenvalue weighted by Crippen LogP contribution is 2.41. The lowest BCUT2D eigenvalue weighted by Crippen LogP contribution is -2.25. The summed E-state index contributed by atoms with van der Waals surface area (Å²) >= 11 is 0. The van der Waals surface area contributed by atoms with Crippen LogP contribution in [0.3, 0.4) is 0 Å². The smallest absolute Gasteiger partial charge is 0.0257 e. The molecule has 0 aromatic carbocycles. The summed E-state index contributed by atoms with van der Waals surface area (Å²) in [5.74, 6) is 2.79. The molecule has 64 valence electrons. The van der Waals surface area contributed by atoms with Crippen LogP contribution in [0.25, 0.3) is 0 Å². The number of rotatable bonds is 1. The first kappa shape index (κ1) is 7.60. The molecular formula is C10H19N. The van der Waals surface area contributed by atoms with E-state index in [2.05, 4.69) is 26.1 Å². The zero-order valence-corrected chi connectivity index (χ0v) is 7.80. The first-order valence-corrected chi connectivity index (χ1v) is 4.96. The Labute approximate surface area is 69.6 Å². The largest absolute Gasteiger partial charge is 0.308 e. The van der Waals surface area contributed by atoms with Gasteiger partial charge in [-0.25, -0.2) is 0 Å². The second-order valence-corrected chi connectivity index (χ2v) is 4.68. The first-order chi connectivity index (χ1) is 5.20. The van der Waals surface area contributed by atoms with Crippen molar-refractivity contribution in [3.8, 4) is 0 Å². The van der Waals surface area contributed by atoms with Crippen LogP contribution in [0, 0.1) is 17.8 Å². The normalized spacial score (nSPS) is 49.1. The van der Waals surface area contributed by atoms with Crippen molar-refractivity contribution in [3.63, 3.8) is 0 Å². The molecule has 0 bridgehead atoms. The second-order valence-electron chi connectivity index (χ2n) is 4.68. The van der Waals surface area contributed by atoms with Gasteiger partial charge in [0, 0.05) is 12.1 Å². The summed E-state index contributed by atoms with van der Waals surface area (Å²) in [6.45, 7) is 7.10. The van der Waals surface area contributed by atoms with Gasteiger partial charge in [-0.05, 0) is 30.6 Å². The molecule has 2 rings (SSSR count). The van der Waals surface area contributed by atoms with E-state index in [1.807, 2.05) is 0 Å². The van der Waals surface area contributed by atoms with Crippen molar-refractivity contribution in [2.75, 3.05) is 0 Å². The Balaban J connectivity index is 1.97. The molecule has 1 aliphatic carbocycles. The summed E-state index contributed by atoms with van der Waals surface area (Å²) in [6.07, 6.45) is 2.89. The third-order valence-electron chi connectivity index (χ3n) is 3.55. The van der Waals surface area contributed by atoms with Gasteiger partial charge < -0.3 is 5.32 Å². The van der Waals surface area contributed by atoms with Gasteiger partial charge in [-0.1, -0.05) is 20.8 Å². The van der Waals surface area contributed by atoms with Gasteiger partial charge in [-0.3, -0.25) is 0 Å². The van der Waals surface area contributed by atoms with E-state index in [-0.39, 0.29) is 0 Å². The van der Waals surface area contributed by atoms with Crippen LogP contribution >= 0.6 is 0 Å². The van der Waals surface area contributed by atoms with Gasteiger partial charge in [-0.2, -0.15) is 0 Å². The number of hydrogen-bond donors (Lipinski definition) is 1. The molecule has 1 heterocycles. The van der Waals surface area contributed by atoms with Crippen LogP contribution in [0.15, 0.2) is 0 Å². The van der Waals surface area contributed by atoms with Gasteiger partial charge >= 0.3 is 0 Å². The molecule has 2 fully saturated rings. The Morgan fingerprint density at radius 3 is 2.55 bits per heavy atom. The Morgan fingerprint density at radius 1 is 1.18 bits per heavy atom. The number of fused-ring (bicyclic) bond motifs is 1. The van der Waals surface area contributed by atoms with Crippen molar-refractivity contribution < 1.29 is 0 Å². The van der Waals surface area contributed by atoms with E-state index >= 15 is 0 Å². The van der Waals surface area contributed by atoms with Crippen LogP contribution in [0.1, 0.15) is 33.6 Å². The monoisotopic (exact) mass is 153 g/mol. The van der Waals surface area contributed by atoms with Gasteiger partial charge in [0.25, 0.3) is 0 Å². The van der Waals surface area contributed by atoms with Crippen molar-refractivity contribution in [3.05, 3.63) is 0 Å². The average Bonchev–Trinajstić information content (AvgIpc) is 2.66. The molecule has 11 heavy (non-hydrogen) atoms. The maximum absolute atomic E-state index is 3.61. The highest BCUT2D eigenvalue weighted by Gasteiger charge is 2.48. The minimum Gasteiger partial charge on any atom is -0.308 e. The fourth-order valence-electron chi connectivity index (χ4n) is 2.64. The lowest BCUT2D eigenvalue weighted by molar-refractivity contribution is 0.276. The third-order valence-corrected chi connectivity index (χ3v) is 3.55. The Kier molecular flexibility index (Phi) is 1.71. The molecule has 0 spiro atoms. The van der Waals surface area contributed by atoms with E-state index in [1.165, 1.54) is 12.8 Å². The van der Waals surface area contributed by atoms with Crippen molar-refractivity contribution >= 4 is 0 Å². The van der Waals surface area contributed by atoms with E-state index in [0.717, 1.165) is 29.8 Å². The van der Waals surface area contributed by atoms with Gasteiger partial charge in [0.2, 0.25) is 0 Å². The number of nitrogens with one attached hydrogen (secondary N) is 1. The van der Waals surface area contributed by atoms with E-state index in [4.69, 9.17) is 0 Å². The van der Waals surface area contributed by atoms with Crippen molar-refractivity contribution in [1.82, 2.24) is 5.32 Å². The highest BCUT2D eigenvalue weighted by molar-refractivity contribution is 5.08. The van der Waals surface area contributed by atoms with E-state index in [0.29, 0.717) is 0 Å². The zero-order chi connectivity index (χ0) is 8.01. The molecule has 1 nitrogen and oxygen atoms in total. The molecular weight excluding hydrogens is 134 g/mol. The molecule has 1 N–H and O–H groups in total. The van der Waals surface area contributed by atoms with Crippen LogP contribution in [0.4, 0.5) is 0 Å². The molecule has 0 aromatic heterocycles. The zero-order valence-electron chi connectivity index (χ0n) is 7.80. The van der Waals surface area contributed by atoms with Crippen LogP contribution in [-0.4, -0.2) is 12.1 Å². The average molecular weight is 153 g/mol. The topological polar surface area (TPSA) is 21.9 Å². The fourth-order valence-corrected chi connectivity index (χ4v) is 2.64. The summed E-state index contributed by atoms with van der Waals surface area (Å²) in [7, 11) is 0. The molecule has 2 aliphatic rings. The standard InChI is InChI=1S/C10H19N/c1-6(2)8-5-4-7(3)9-10(8)11-9/h6-11H,4-5H2,1-3H3/t7-,8-,9+,10-/m1/s1. The lowest BCUT2D eigenvalue weighted by atomic mass is 9.78. The molecule has 0 aromatic rings. The highest BCUT2D eigenvalue weighted by atomic mass is 15.2. The predicted molar refractivity (Wildman–Crippen MR) is 47.4 cm³/mol. The quantitative estimate of drug-likeness (QED) is 0.572. The third kappa shape index (κ3) is 1.20. The Bertz CT molecular complexity index is 153. The minimum atomic E-state index is 0.880. The molecule has 1 heteroatoms. The fraction of sp³-hybridized carbons (Fsp3) is 1.00. The Hall–Kier alpha value is -0.0400. The molecule has 1 aliphatic heterocycles. The van der Waals surface area contributed by atoms with E-state index in [9.17, 15) is 0 Å². The van der Waals surface area contributed by atoms with Gasteiger partial charge in [0.15, 0.2) is 0 Å². The molecule has 1 saturated heterocycles. The Morgan fingerprint density at radius 2 is 1.91 bits per heavy atom. The van der Waals surface area contributed by atoms with Crippen molar-refractivity contribution in [1.29, 1.82) is 0 Å². The van der Waals surface area contributed by atoms with Crippen LogP contribution in [0.5, 0.6) is 0 Å². The summed E-state index contributed by atoms with van der Waals surface area (Å²) in [4.78, 5) is 0. The predicted octanol–water partition coefficient (Wildman–Crippen LogP) is 2.03. The molecule has 0 radical (unpaired) electrons. The minimum absolute atomic E-state index is 0.880. The maximum Gasteiger partial charge on any atom is 0.0257 e. The van der Waals surface area contributed by atoms with Gasteiger partial charge in [0.05, 0.1) is 0 Å². The van der Waals surface area contributed by atoms with Gasteiger partial charge in [0.1, 0.15) is 0 Å². The SMILES string of the molecule is CC(C)[C@H]1CC[C@@H](C)[C@@H]2N[C@@H]21. The summed E-state index contributed by atoms with van der Waals surface area (Å²) in [5, 5.41) is 3.61. The molecule has 0 unspecified atom stereocenters. The van der Waals surface area contributed by atoms with Crippen LogP contribution in [0.2, 0.25) is 0 Å². The van der Waals surface area contributed by atoms with E-state index in [1.54, 1.807) is 0 Å². The van der Waals surface area contributed by atoms with Crippen molar-refractivity contribution in [2.24, 2.45) is 17.8 Å². The van der Waals surface area contributed by atoms with Crippen LogP contribution in [-0.2, 0) is 0 Å². The molecule has 4 atom stereocenters. The molecule has 0 amide bonds. The summed E-state index contributed by atoms with van der Waals surface area (Å²) < 4.78 is 0. The number of hydrogen-bond acceptors (Lipinski definition) is 1. The maximum atomic E-state index is 3.61. The van der Waals surface area contributed by atoms with Crippen LogP contribution < -0.4 is 5.32 Å². The van der Waals surface area contributed by atoms with Crippen molar-refractivity contribution in [2.45, 2.75) is 45.7 Å². The van der Waals surface area contributed by atoms with Gasteiger partial charge in [-0.15, -0.1) is 0 Å². The second kappa shape index (κ2) is 2.48. The first-order valence-electron chi connectivity index (χ1n) is 4.96. The summed E-state index contributed by atoms with van der Waals surface area (Å²) in [5.41, 5.74) is 0. The summed E-state index contributed by atoms with van der Waals surface area (Å²) in [6, 6.07) is 1.77. The molecule has 1 saturated carbocycles. The van der Waals surface area contributed by atoms with E-state index < -0.39 is 0 Å².